The number of rotatable bonds is 9. The Morgan fingerprint density at radius 1 is 1.07 bits per heavy atom. The van der Waals surface area contributed by atoms with Crippen LogP contribution in [0, 0.1) is 24.2 Å². The van der Waals surface area contributed by atoms with E-state index in [4.69, 9.17) is 19.4 Å². The third-order valence-corrected chi connectivity index (χ3v) is 11.9. The number of likely N-dealkylation sites (N-methyl/N-ethyl adjacent to an activating group) is 1. The van der Waals surface area contributed by atoms with E-state index < -0.39 is 18.1 Å². The first-order chi connectivity index (χ1) is 26.4. The molecule has 3 aromatic rings. The van der Waals surface area contributed by atoms with Crippen LogP contribution in [0.5, 0.6) is 6.01 Å². The minimum atomic E-state index is -4.49. The number of nitrogens with zero attached hydrogens (tertiary/aromatic N) is 8. The summed E-state index contributed by atoms with van der Waals surface area (Å²) in [6.07, 6.45) is 0.666. The summed E-state index contributed by atoms with van der Waals surface area (Å²) in [5.74, 6) is -1.50. The average molecular weight is 761 g/mol. The van der Waals surface area contributed by atoms with Crippen molar-refractivity contribution in [2.45, 2.75) is 63.8 Å². The second kappa shape index (κ2) is 16.3. The largest absolute Gasteiger partial charge is 0.461 e. The van der Waals surface area contributed by atoms with Crippen molar-refractivity contribution >= 4 is 28.2 Å². The molecule has 1 aromatic heterocycles. The summed E-state index contributed by atoms with van der Waals surface area (Å²) in [6, 6.07) is 13.5. The van der Waals surface area contributed by atoms with E-state index in [1.54, 1.807) is 11.0 Å². The number of halogens is 3. The Bertz CT molecular complexity index is 1920. The SMILES string of the molecule is Cc1cccc2cccc(N3Cc4nc(OCC5(C)CCCN5C)nc(N5CCN(C(=O)/C=C/CN6CCOCC6)[C@@H](CC#N)C5)c4C[C@H](C(F)(F)F)C3)c12. The van der Waals surface area contributed by atoms with Crippen LogP contribution in [0.1, 0.15) is 43.0 Å². The molecule has 4 aliphatic heterocycles. The topological polar surface area (TPSA) is 101 Å². The predicted molar refractivity (Wildman–Crippen MR) is 205 cm³/mol. The minimum Gasteiger partial charge on any atom is -0.461 e. The van der Waals surface area contributed by atoms with E-state index in [1.165, 1.54) is 0 Å². The van der Waals surface area contributed by atoms with Gasteiger partial charge in [-0.25, -0.2) is 0 Å². The molecule has 14 heteroatoms. The Morgan fingerprint density at radius 2 is 1.85 bits per heavy atom. The van der Waals surface area contributed by atoms with Gasteiger partial charge in [0.2, 0.25) is 5.91 Å². The molecule has 0 N–H and O–H groups in total. The van der Waals surface area contributed by atoms with E-state index >= 15 is 13.2 Å². The highest BCUT2D eigenvalue weighted by Crippen LogP contribution is 2.41. The highest BCUT2D eigenvalue weighted by Gasteiger charge is 2.45. The first-order valence-electron chi connectivity index (χ1n) is 19.4. The quantitative estimate of drug-likeness (QED) is 0.265. The number of fused-ring (bicyclic) bond motifs is 2. The lowest BCUT2D eigenvalue weighted by Crippen LogP contribution is -2.55. The van der Waals surface area contributed by atoms with E-state index in [0.29, 0.717) is 50.0 Å². The summed E-state index contributed by atoms with van der Waals surface area (Å²) in [4.78, 5) is 33.2. The Morgan fingerprint density at radius 3 is 2.58 bits per heavy atom. The number of hydrogen-bond donors (Lipinski definition) is 0. The van der Waals surface area contributed by atoms with Gasteiger partial charge in [0.15, 0.2) is 0 Å². The maximum Gasteiger partial charge on any atom is 0.393 e. The van der Waals surface area contributed by atoms with Crippen LogP contribution in [0.3, 0.4) is 0 Å². The van der Waals surface area contributed by atoms with Crippen molar-refractivity contribution in [2.24, 2.45) is 5.92 Å². The Kier molecular flexibility index (Phi) is 11.5. The molecule has 294 valence electrons. The first kappa shape index (κ1) is 38.8. The summed E-state index contributed by atoms with van der Waals surface area (Å²) < 4.78 is 56.9. The zero-order valence-corrected chi connectivity index (χ0v) is 32.0. The molecule has 3 saturated heterocycles. The molecule has 11 nitrogen and oxygen atoms in total. The molecule has 7 rings (SSSR count). The van der Waals surface area contributed by atoms with E-state index in [0.717, 1.165) is 54.5 Å². The molecule has 3 atom stereocenters. The smallest absolute Gasteiger partial charge is 0.393 e. The third-order valence-electron chi connectivity index (χ3n) is 11.9. The fraction of sp³-hybridized carbons (Fsp3) is 0.561. The van der Waals surface area contributed by atoms with Crippen LogP contribution in [0.15, 0.2) is 48.6 Å². The number of aryl methyl sites for hydroxylation is 1. The maximum atomic E-state index is 15.0. The van der Waals surface area contributed by atoms with Gasteiger partial charge in [0, 0.05) is 68.5 Å². The molecule has 0 radical (unpaired) electrons. The zero-order valence-electron chi connectivity index (χ0n) is 32.0. The van der Waals surface area contributed by atoms with Crippen molar-refractivity contribution in [3.05, 3.63) is 65.4 Å². The van der Waals surface area contributed by atoms with Crippen LogP contribution in [-0.4, -0.2) is 128 Å². The molecule has 0 aliphatic carbocycles. The van der Waals surface area contributed by atoms with Gasteiger partial charge in [-0.1, -0.05) is 36.4 Å². The van der Waals surface area contributed by atoms with Gasteiger partial charge in [0.05, 0.1) is 55.4 Å². The number of amides is 1. The van der Waals surface area contributed by atoms with Gasteiger partial charge >= 0.3 is 12.2 Å². The Balaban J connectivity index is 1.24. The summed E-state index contributed by atoms with van der Waals surface area (Å²) >= 11 is 0. The number of likely N-dealkylation sites (tertiary alicyclic amines) is 1. The Hall–Kier alpha value is -4.45. The van der Waals surface area contributed by atoms with Gasteiger partial charge in [-0.15, -0.1) is 0 Å². The second-order valence-corrected chi connectivity index (χ2v) is 15.6. The number of piperazine rings is 1. The molecule has 0 bridgehead atoms. The fourth-order valence-electron chi connectivity index (χ4n) is 8.52. The zero-order chi connectivity index (χ0) is 38.7. The number of ether oxygens (including phenoxy) is 2. The second-order valence-electron chi connectivity index (χ2n) is 15.6. The first-order valence-corrected chi connectivity index (χ1v) is 19.4. The summed E-state index contributed by atoms with van der Waals surface area (Å²) in [5, 5.41) is 11.7. The summed E-state index contributed by atoms with van der Waals surface area (Å²) in [7, 11) is 2.06. The van der Waals surface area contributed by atoms with E-state index in [-0.39, 0.29) is 56.5 Å². The van der Waals surface area contributed by atoms with Crippen molar-refractivity contribution < 1.29 is 27.4 Å². The summed E-state index contributed by atoms with van der Waals surface area (Å²) in [6.45, 7) is 9.68. The van der Waals surface area contributed by atoms with Crippen molar-refractivity contribution in [1.29, 1.82) is 5.26 Å². The number of benzene rings is 2. The lowest BCUT2D eigenvalue weighted by Gasteiger charge is -2.41. The monoisotopic (exact) mass is 760 g/mol. The molecule has 4 aliphatic rings. The van der Waals surface area contributed by atoms with Crippen LogP contribution in [0.25, 0.3) is 10.8 Å². The lowest BCUT2D eigenvalue weighted by atomic mass is 9.97. The number of anilines is 2. The minimum absolute atomic E-state index is 0.0697. The maximum absolute atomic E-state index is 15.0. The van der Waals surface area contributed by atoms with Gasteiger partial charge in [0.1, 0.15) is 12.4 Å². The van der Waals surface area contributed by atoms with Gasteiger partial charge in [0.25, 0.3) is 0 Å². The third kappa shape index (κ3) is 8.54. The summed E-state index contributed by atoms with van der Waals surface area (Å²) in [5.41, 5.74) is 2.39. The molecule has 0 saturated carbocycles. The number of morpholine rings is 1. The van der Waals surface area contributed by atoms with Crippen molar-refractivity contribution in [3.8, 4) is 12.1 Å². The van der Waals surface area contributed by atoms with Gasteiger partial charge in [-0.2, -0.15) is 28.4 Å². The van der Waals surface area contributed by atoms with Crippen LogP contribution in [0.2, 0.25) is 0 Å². The van der Waals surface area contributed by atoms with Gasteiger partial charge < -0.3 is 24.2 Å². The normalized spacial score (nSPS) is 24.3. The van der Waals surface area contributed by atoms with Gasteiger partial charge in [-0.3, -0.25) is 14.6 Å². The molecule has 1 amide bonds. The molecular weight excluding hydrogens is 709 g/mol. The standard InChI is InChI=1S/C41H51F3N8O3/c1-29-8-4-9-30-10-5-11-35(37(29)30)51-25-31(41(42,43)44)24-33-34(27-51)46-39(55-28-40(2)14-7-16-48(40)3)47-38(33)50-18-19-52(32(26-50)13-15-45)36(53)12-6-17-49-20-22-54-23-21-49/h4-6,8-12,31-32H,7,13-14,16-28H2,1-3H3/b12-6+/t31-,32-,40?/m0/s1. The van der Waals surface area contributed by atoms with E-state index in [2.05, 4.69) is 29.8 Å². The van der Waals surface area contributed by atoms with Crippen molar-refractivity contribution in [2.75, 3.05) is 89.0 Å². The number of aromatic nitrogens is 2. The van der Waals surface area contributed by atoms with E-state index in [1.807, 2.05) is 59.2 Å². The van der Waals surface area contributed by atoms with Crippen molar-refractivity contribution in [3.63, 3.8) is 0 Å². The number of hydrogen-bond acceptors (Lipinski definition) is 10. The number of nitriles is 1. The van der Waals surface area contributed by atoms with E-state index in [9.17, 15) is 10.1 Å². The molecule has 2 aromatic carbocycles. The number of carbonyl (C=O) groups is 1. The predicted octanol–water partition coefficient (Wildman–Crippen LogP) is 5.36. The number of alkyl halides is 3. The molecule has 0 spiro atoms. The molecule has 3 fully saturated rings. The molecular formula is C41H51F3N8O3. The van der Waals surface area contributed by atoms with Crippen LogP contribution >= 0.6 is 0 Å². The number of carbonyl (C=O) groups excluding carboxylic acids is 1. The molecule has 5 heterocycles. The Labute approximate surface area is 321 Å². The molecule has 1 unspecified atom stereocenters. The van der Waals surface area contributed by atoms with Gasteiger partial charge in [-0.05, 0) is 63.7 Å². The average Bonchev–Trinajstić information content (AvgIpc) is 3.37. The van der Waals surface area contributed by atoms with Crippen LogP contribution in [-0.2, 0) is 22.5 Å². The fourth-order valence-corrected chi connectivity index (χ4v) is 8.52. The van der Waals surface area contributed by atoms with Crippen LogP contribution < -0.4 is 14.5 Å². The van der Waals surface area contributed by atoms with Crippen molar-refractivity contribution in [1.82, 2.24) is 24.7 Å². The highest BCUT2D eigenvalue weighted by atomic mass is 19.4. The highest BCUT2D eigenvalue weighted by molar-refractivity contribution is 5.97. The lowest BCUT2D eigenvalue weighted by molar-refractivity contribution is -0.171. The van der Waals surface area contributed by atoms with Crippen LogP contribution in [0.4, 0.5) is 24.7 Å². The molecule has 55 heavy (non-hydrogen) atoms.